The van der Waals surface area contributed by atoms with Crippen LogP contribution in [0.2, 0.25) is 5.02 Å². The Morgan fingerprint density at radius 1 is 1.62 bits per heavy atom. The molecule has 0 spiro atoms. The molecule has 0 fully saturated rings. The second-order valence-corrected chi connectivity index (χ2v) is 2.68. The van der Waals surface area contributed by atoms with Gasteiger partial charge < -0.3 is 0 Å². The van der Waals surface area contributed by atoms with Crippen LogP contribution in [0.15, 0.2) is 22.7 Å². The van der Waals surface area contributed by atoms with Crippen molar-refractivity contribution in [3.63, 3.8) is 0 Å². The molecule has 8 heavy (non-hydrogen) atoms. The van der Waals surface area contributed by atoms with Gasteiger partial charge in [0.25, 0.3) is 0 Å². The summed E-state index contributed by atoms with van der Waals surface area (Å²) in [6.07, 6.45) is 0. The number of rotatable bonds is 0. The zero-order valence-electron chi connectivity index (χ0n) is 3.99. The first-order valence-corrected chi connectivity index (χ1v) is 3.29. The van der Waals surface area contributed by atoms with Gasteiger partial charge in [0.05, 0.1) is 0 Å². The monoisotopic (exact) mass is 189 g/mol. The van der Waals surface area contributed by atoms with E-state index in [2.05, 4.69) is 22.0 Å². The standard InChI is InChI=1S/C6H3BrCl/c7-5-2-1-3-6(8)4-5/h1-2,4H. The van der Waals surface area contributed by atoms with Crippen LogP contribution in [-0.2, 0) is 0 Å². The molecule has 0 amide bonds. The van der Waals surface area contributed by atoms with Crippen LogP contribution in [0.4, 0.5) is 0 Å². The fourth-order valence-corrected chi connectivity index (χ4v) is 1.09. The number of benzene rings is 1. The van der Waals surface area contributed by atoms with Crippen molar-refractivity contribution in [1.29, 1.82) is 0 Å². The molecule has 0 nitrogen and oxygen atoms in total. The maximum absolute atomic E-state index is 5.56. The number of hydrogen-bond acceptors (Lipinski definition) is 0. The van der Waals surface area contributed by atoms with Crippen LogP contribution in [0.5, 0.6) is 0 Å². The van der Waals surface area contributed by atoms with Gasteiger partial charge in [0, 0.05) is 15.6 Å². The zero-order valence-corrected chi connectivity index (χ0v) is 6.33. The quantitative estimate of drug-likeness (QED) is 0.590. The highest BCUT2D eigenvalue weighted by Gasteiger charge is 1.85. The summed E-state index contributed by atoms with van der Waals surface area (Å²) in [7, 11) is 0. The molecule has 0 heterocycles. The van der Waals surface area contributed by atoms with E-state index in [0.29, 0.717) is 5.02 Å². The summed E-state index contributed by atoms with van der Waals surface area (Å²) in [6.45, 7) is 0. The van der Waals surface area contributed by atoms with E-state index >= 15 is 0 Å². The van der Waals surface area contributed by atoms with Gasteiger partial charge >= 0.3 is 0 Å². The van der Waals surface area contributed by atoms with Gasteiger partial charge in [-0.25, -0.2) is 0 Å². The van der Waals surface area contributed by atoms with Crippen LogP contribution >= 0.6 is 27.5 Å². The van der Waals surface area contributed by atoms with E-state index in [-0.39, 0.29) is 0 Å². The van der Waals surface area contributed by atoms with Gasteiger partial charge in [-0.05, 0) is 12.1 Å². The lowest BCUT2D eigenvalue weighted by atomic mass is 10.4. The predicted molar refractivity (Wildman–Crippen MR) is 38.0 cm³/mol. The van der Waals surface area contributed by atoms with Gasteiger partial charge in [0.15, 0.2) is 0 Å². The van der Waals surface area contributed by atoms with E-state index in [1.54, 1.807) is 12.1 Å². The van der Waals surface area contributed by atoms with Crippen LogP contribution in [-0.4, -0.2) is 0 Å². The lowest BCUT2D eigenvalue weighted by molar-refractivity contribution is 1.64. The summed E-state index contributed by atoms with van der Waals surface area (Å²) in [5.74, 6) is 0. The molecule has 1 rings (SSSR count). The van der Waals surface area contributed by atoms with Crippen molar-refractivity contribution < 1.29 is 0 Å². The molecule has 0 saturated carbocycles. The van der Waals surface area contributed by atoms with Crippen molar-refractivity contribution >= 4 is 27.5 Å². The molecule has 1 radical (unpaired) electrons. The second kappa shape index (κ2) is 2.51. The van der Waals surface area contributed by atoms with Crippen molar-refractivity contribution in [2.24, 2.45) is 0 Å². The molecule has 0 aliphatic carbocycles. The minimum absolute atomic E-state index is 0.638. The summed E-state index contributed by atoms with van der Waals surface area (Å²) < 4.78 is 0.987. The van der Waals surface area contributed by atoms with Gasteiger partial charge in [-0.15, -0.1) is 0 Å². The topological polar surface area (TPSA) is 0 Å². The first kappa shape index (κ1) is 6.12. The molecule has 0 aromatic heterocycles. The lowest BCUT2D eigenvalue weighted by Crippen LogP contribution is -1.62. The summed E-state index contributed by atoms with van der Waals surface area (Å²) >= 11 is 8.82. The molecule has 1 aromatic carbocycles. The van der Waals surface area contributed by atoms with Gasteiger partial charge in [0.2, 0.25) is 0 Å². The SMILES string of the molecule is Clc1[c]ccc(Br)c1. The Hall–Kier alpha value is -0.0100. The molecule has 0 unspecified atom stereocenters. The smallest absolute Gasteiger partial charge is 0.0496 e. The third-order valence-corrected chi connectivity index (χ3v) is 1.44. The molecular weight excluding hydrogens is 187 g/mol. The van der Waals surface area contributed by atoms with Crippen LogP contribution in [0.25, 0.3) is 0 Å². The molecule has 0 N–H and O–H groups in total. The summed E-state index contributed by atoms with van der Waals surface area (Å²) in [5, 5.41) is 0.638. The molecule has 0 aliphatic heterocycles. The Morgan fingerprint density at radius 2 is 2.38 bits per heavy atom. The molecule has 0 saturated heterocycles. The summed E-state index contributed by atoms with van der Waals surface area (Å²) in [5.41, 5.74) is 0. The highest BCUT2D eigenvalue weighted by molar-refractivity contribution is 9.10. The molecule has 0 bridgehead atoms. The van der Waals surface area contributed by atoms with Crippen LogP contribution in [0, 0.1) is 6.07 Å². The summed E-state index contributed by atoms with van der Waals surface area (Å²) in [6, 6.07) is 8.25. The fraction of sp³-hybridized carbons (Fsp3) is 0. The molecule has 0 aliphatic rings. The molecule has 1 aromatic rings. The Kier molecular flexibility index (Phi) is 1.92. The first-order chi connectivity index (χ1) is 3.79. The maximum Gasteiger partial charge on any atom is 0.0496 e. The fourth-order valence-electron chi connectivity index (χ4n) is 0.412. The van der Waals surface area contributed by atoms with Crippen LogP contribution < -0.4 is 0 Å². The van der Waals surface area contributed by atoms with E-state index in [1.807, 2.05) is 6.07 Å². The highest BCUT2D eigenvalue weighted by atomic mass is 79.9. The average molecular weight is 190 g/mol. The lowest BCUT2D eigenvalue weighted by Gasteiger charge is -1.86. The molecular formula is C6H3BrCl. The van der Waals surface area contributed by atoms with E-state index in [0.717, 1.165) is 4.47 Å². The second-order valence-electron chi connectivity index (χ2n) is 1.35. The predicted octanol–water partition coefficient (Wildman–Crippen LogP) is 2.90. The van der Waals surface area contributed by atoms with E-state index in [1.165, 1.54) is 0 Å². The average Bonchev–Trinajstić information content (AvgIpc) is 1.64. The van der Waals surface area contributed by atoms with Crippen molar-refractivity contribution in [1.82, 2.24) is 0 Å². The van der Waals surface area contributed by atoms with Gasteiger partial charge in [0.1, 0.15) is 0 Å². The minimum atomic E-state index is 0.638. The largest absolute Gasteiger partial charge is 0.0836 e. The third-order valence-electron chi connectivity index (χ3n) is 0.728. The molecule has 2 heteroatoms. The van der Waals surface area contributed by atoms with E-state index in [4.69, 9.17) is 11.6 Å². The Bertz CT molecular complexity index is 168. The Balaban J connectivity index is 3.08. The van der Waals surface area contributed by atoms with Crippen LogP contribution in [0.3, 0.4) is 0 Å². The summed E-state index contributed by atoms with van der Waals surface area (Å²) in [4.78, 5) is 0. The van der Waals surface area contributed by atoms with Crippen molar-refractivity contribution in [3.05, 3.63) is 33.8 Å². The third kappa shape index (κ3) is 1.49. The van der Waals surface area contributed by atoms with Gasteiger partial charge in [-0.1, -0.05) is 33.6 Å². The Labute approximate surface area is 61.6 Å². The van der Waals surface area contributed by atoms with E-state index in [9.17, 15) is 0 Å². The molecule has 0 atom stereocenters. The van der Waals surface area contributed by atoms with Crippen molar-refractivity contribution in [3.8, 4) is 0 Å². The minimum Gasteiger partial charge on any atom is -0.0836 e. The van der Waals surface area contributed by atoms with E-state index < -0.39 is 0 Å². The number of hydrogen-bond donors (Lipinski definition) is 0. The van der Waals surface area contributed by atoms with Crippen molar-refractivity contribution in [2.75, 3.05) is 0 Å². The maximum atomic E-state index is 5.56. The van der Waals surface area contributed by atoms with Gasteiger partial charge in [-0.3, -0.25) is 0 Å². The number of halogens is 2. The zero-order chi connectivity index (χ0) is 5.98. The first-order valence-electron chi connectivity index (χ1n) is 2.12. The van der Waals surface area contributed by atoms with Crippen LogP contribution in [0.1, 0.15) is 0 Å². The molecule has 41 valence electrons. The van der Waals surface area contributed by atoms with Gasteiger partial charge in [-0.2, -0.15) is 0 Å². The highest BCUT2D eigenvalue weighted by Crippen LogP contribution is 2.14. The van der Waals surface area contributed by atoms with Crippen molar-refractivity contribution in [2.45, 2.75) is 0 Å². The Morgan fingerprint density at radius 3 is 2.75 bits per heavy atom. The normalized spacial score (nSPS) is 9.25.